The van der Waals surface area contributed by atoms with E-state index in [1.807, 2.05) is 60.7 Å². The fraction of sp³-hybridized carbons (Fsp3) is 0.0816. The molecule has 0 aliphatic heterocycles. The zero-order chi connectivity index (χ0) is 36.2. The van der Waals surface area contributed by atoms with Gasteiger partial charge in [-0.25, -0.2) is 15.0 Å². The molecule has 0 N–H and O–H groups in total. The molecule has 54 heavy (non-hydrogen) atoms. The first kappa shape index (κ1) is 31.9. The van der Waals surface area contributed by atoms with Crippen LogP contribution < -0.4 is 0 Å². The van der Waals surface area contributed by atoms with E-state index in [0.717, 1.165) is 57.3 Å². The fourth-order valence-electron chi connectivity index (χ4n) is 8.16. The van der Waals surface area contributed by atoms with Gasteiger partial charge in [0.2, 0.25) is 0 Å². The van der Waals surface area contributed by atoms with Crippen molar-refractivity contribution in [2.24, 2.45) is 0 Å². The standard InChI is InChI=1S/C49H36N4O/c1-3-31-17-11-12-22-37(31)42-36(4-2)46-44(39-24-14-16-26-41(39)54-46)43-38-23-13-15-25-40(38)53(45(42)43)35-29-27-34(28-30-35)49-51-47(32-18-7-5-8-19-32)50-48(52-49)33-20-9-6-10-21-33/h5-30H,3-4H2,1-2H3. The van der Waals surface area contributed by atoms with Gasteiger partial charge in [-0.1, -0.05) is 135 Å². The molecule has 0 aliphatic rings. The van der Waals surface area contributed by atoms with Gasteiger partial charge in [0, 0.05) is 55.0 Å². The lowest BCUT2D eigenvalue weighted by Crippen LogP contribution is -2.01. The van der Waals surface area contributed by atoms with Gasteiger partial charge in [-0.15, -0.1) is 0 Å². The van der Waals surface area contributed by atoms with Crippen molar-refractivity contribution in [2.75, 3.05) is 0 Å². The third-order valence-electron chi connectivity index (χ3n) is 10.6. The summed E-state index contributed by atoms with van der Waals surface area (Å²) in [7, 11) is 0. The highest BCUT2D eigenvalue weighted by Gasteiger charge is 2.27. The first-order chi connectivity index (χ1) is 26.7. The number of hydrogen-bond donors (Lipinski definition) is 0. The molecular formula is C49H36N4O. The highest BCUT2D eigenvalue weighted by atomic mass is 16.3. The smallest absolute Gasteiger partial charge is 0.164 e. The quantitative estimate of drug-likeness (QED) is 0.166. The van der Waals surface area contributed by atoms with E-state index in [-0.39, 0.29) is 0 Å². The molecule has 0 aliphatic carbocycles. The van der Waals surface area contributed by atoms with Gasteiger partial charge < -0.3 is 8.98 Å². The molecule has 3 heterocycles. The van der Waals surface area contributed by atoms with Crippen LogP contribution in [0.1, 0.15) is 25.0 Å². The Morgan fingerprint density at radius 3 is 1.70 bits per heavy atom. The van der Waals surface area contributed by atoms with Crippen molar-refractivity contribution in [2.45, 2.75) is 26.7 Å². The molecular weight excluding hydrogens is 661 g/mol. The summed E-state index contributed by atoms with van der Waals surface area (Å²) in [6, 6.07) is 55.0. The summed E-state index contributed by atoms with van der Waals surface area (Å²) in [4.78, 5) is 14.9. The van der Waals surface area contributed by atoms with Crippen LogP contribution in [0.2, 0.25) is 0 Å². The lowest BCUT2D eigenvalue weighted by molar-refractivity contribution is 0.664. The Bertz CT molecular complexity index is 2940. The summed E-state index contributed by atoms with van der Waals surface area (Å²) in [6.07, 6.45) is 1.75. The molecule has 7 aromatic carbocycles. The predicted octanol–water partition coefficient (Wildman–Crippen LogP) is 12.7. The normalized spacial score (nSPS) is 11.7. The fourth-order valence-corrected chi connectivity index (χ4v) is 8.16. The first-order valence-corrected chi connectivity index (χ1v) is 18.7. The summed E-state index contributed by atoms with van der Waals surface area (Å²) in [5.41, 5.74) is 13.1. The molecule has 0 atom stereocenters. The van der Waals surface area contributed by atoms with Crippen LogP contribution in [0, 0.1) is 0 Å². The van der Waals surface area contributed by atoms with Crippen LogP contribution in [-0.2, 0) is 12.8 Å². The number of para-hydroxylation sites is 2. The van der Waals surface area contributed by atoms with Crippen LogP contribution >= 0.6 is 0 Å². The Hall–Kier alpha value is -6.85. The molecule has 10 aromatic rings. The van der Waals surface area contributed by atoms with E-state index in [2.05, 4.69) is 115 Å². The van der Waals surface area contributed by atoms with E-state index < -0.39 is 0 Å². The number of benzene rings is 7. The zero-order valence-corrected chi connectivity index (χ0v) is 30.1. The second kappa shape index (κ2) is 13.0. The Labute approximate surface area is 313 Å². The van der Waals surface area contributed by atoms with Crippen LogP contribution in [-0.4, -0.2) is 19.5 Å². The van der Waals surface area contributed by atoms with E-state index >= 15 is 0 Å². The maximum atomic E-state index is 6.80. The van der Waals surface area contributed by atoms with E-state index in [4.69, 9.17) is 19.4 Å². The van der Waals surface area contributed by atoms with Crippen molar-refractivity contribution in [1.82, 2.24) is 19.5 Å². The monoisotopic (exact) mass is 696 g/mol. The molecule has 10 rings (SSSR count). The Balaban J connectivity index is 1.25. The summed E-state index contributed by atoms with van der Waals surface area (Å²) in [5.74, 6) is 1.93. The molecule has 3 aromatic heterocycles. The van der Waals surface area contributed by atoms with Gasteiger partial charge in [0.1, 0.15) is 11.2 Å². The number of nitrogens with zero attached hydrogens (tertiary/aromatic N) is 4. The predicted molar refractivity (Wildman–Crippen MR) is 222 cm³/mol. The van der Waals surface area contributed by atoms with Gasteiger partial charge in [0.15, 0.2) is 17.5 Å². The third kappa shape index (κ3) is 5.04. The first-order valence-electron chi connectivity index (χ1n) is 18.7. The molecule has 5 nitrogen and oxygen atoms in total. The molecule has 0 unspecified atom stereocenters. The minimum atomic E-state index is 0.633. The van der Waals surface area contributed by atoms with E-state index in [0.29, 0.717) is 17.5 Å². The van der Waals surface area contributed by atoms with Crippen LogP contribution in [0.25, 0.3) is 94.7 Å². The van der Waals surface area contributed by atoms with E-state index in [1.54, 1.807) is 0 Å². The highest BCUT2D eigenvalue weighted by Crippen LogP contribution is 2.49. The van der Waals surface area contributed by atoms with Crippen molar-refractivity contribution in [3.63, 3.8) is 0 Å². The number of hydrogen-bond acceptors (Lipinski definition) is 4. The molecule has 258 valence electrons. The third-order valence-corrected chi connectivity index (χ3v) is 10.6. The number of aryl methyl sites for hydroxylation is 2. The maximum Gasteiger partial charge on any atom is 0.164 e. The van der Waals surface area contributed by atoms with Crippen molar-refractivity contribution in [3.8, 4) is 51.0 Å². The van der Waals surface area contributed by atoms with Crippen molar-refractivity contribution >= 4 is 43.7 Å². The van der Waals surface area contributed by atoms with Crippen molar-refractivity contribution in [3.05, 3.63) is 169 Å². The SMILES string of the molecule is CCc1ccccc1-c1c(CC)c2oc3ccccc3c2c2c3ccccc3n(-c3ccc(-c4nc(-c5ccccc5)nc(-c5ccccc5)n4)cc3)c12. The molecule has 0 saturated heterocycles. The van der Waals surface area contributed by atoms with Gasteiger partial charge in [0.25, 0.3) is 0 Å². The van der Waals surface area contributed by atoms with Gasteiger partial charge in [-0.05, 0) is 60.4 Å². The highest BCUT2D eigenvalue weighted by molar-refractivity contribution is 6.31. The summed E-state index contributed by atoms with van der Waals surface area (Å²) >= 11 is 0. The van der Waals surface area contributed by atoms with Gasteiger partial charge in [0.05, 0.1) is 11.0 Å². The summed E-state index contributed by atoms with van der Waals surface area (Å²) < 4.78 is 9.25. The van der Waals surface area contributed by atoms with Crippen LogP contribution in [0.5, 0.6) is 0 Å². The largest absolute Gasteiger partial charge is 0.456 e. The number of aromatic nitrogens is 4. The van der Waals surface area contributed by atoms with Gasteiger partial charge >= 0.3 is 0 Å². The number of fused-ring (bicyclic) bond motifs is 7. The van der Waals surface area contributed by atoms with Crippen molar-refractivity contribution in [1.29, 1.82) is 0 Å². The minimum Gasteiger partial charge on any atom is -0.456 e. The Kier molecular flexibility index (Phi) is 7.65. The molecule has 0 saturated carbocycles. The average Bonchev–Trinajstić information content (AvgIpc) is 3.80. The molecule has 0 spiro atoms. The molecule has 0 amide bonds. The minimum absolute atomic E-state index is 0.633. The molecule has 5 heteroatoms. The number of rotatable bonds is 7. The lowest BCUT2D eigenvalue weighted by Gasteiger charge is -2.18. The van der Waals surface area contributed by atoms with Gasteiger partial charge in [-0.3, -0.25) is 0 Å². The van der Waals surface area contributed by atoms with Crippen LogP contribution in [0.15, 0.2) is 162 Å². The van der Waals surface area contributed by atoms with Crippen LogP contribution in [0.4, 0.5) is 0 Å². The number of furan rings is 1. The van der Waals surface area contributed by atoms with Crippen molar-refractivity contribution < 1.29 is 4.42 Å². The second-order valence-corrected chi connectivity index (χ2v) is 13.7. The Morgan fingerprint density at radius 2 is 1.06 bits per heavy atom. The maximum absolute atomic E-state index is 6.80. The van der Waals surface area contributed by atoms with Crippen LogP contribution in [0.3, 0.4) is 0 Å². The zero-order valence-electron chi connectivity index (χ0n) is 30.1. The molecule has 0 radical (unpaired) electrons. The summed E-state index contributed by atoms with van der Waals surface area (Å²) in [6.45, 7) is 4.49. The second-order valence-electron chi connectivity index (χ2n) is 13.7. The summed E-state index contributed by atoms with van der Waals surface area (Å²) in [5, 5.41) is 4.72. The lowest BCUT2D eigenvalue weighted by atomic mass is 9.89. The average molecular weight is 697 g/mol. The van der Waals surface area contributed by atoms with E-state index in [1.165, 1.54) is 43.9 Å². The molecule has 0 bridgehead atoms. The molecule has 0 fully saturated rings. The Morgan fingerprint density at radius 1 is 0.500 bits per heavy atom. The topological polar surface area (TPSA) is 56.7 Å². The van der Waals surface area contributed by atoms with E-state index in [9.17, 15) is 0 Å². The van der Waals surface area contributed by atoms with Gasteiger partial charge in [-0.2, -0.15) is 0 Å².